The van der Waals surface area contributed by atoms with E-state index < -0.39 is 0 Å². The zero-order valence-electron chi connectivity index (χ0n) is 12.9. The lowest BCUT2D eigenvalue weighted by Crippen LogP contribution is -2.24. The van der Waals surface area contributed by atoms with Crippen LogP contribution < -0.4 is 15.8 Å². The van der Waals surface area contributed by atoms with Gasteiger partial charge in [0.15, 0.2) is 0 Å². The molecule has 3 heteroatoms. The molecule has 1 aromatic carbocycles. The van der Waals surface area contributed by atoms with Gasteiger partial charge in [0, 0.05) is 30.1 Å². The highest BCUT2D eigenvalue weighted by Crippen LogP contribution is 2.27. The molecule has 0 saturated heterocycles. The molecule has 19 heavy (non-hydrogen) atoms. The van der Waals surface area contributed by atoms with E-state index in [0.717, 1.165) is 36.7 Å². The summed E-state index contributed by atoms with van der Waals surface area (Å²) >= 11 is 0. The number of nitrogens with one attached hydrogen (secondary N) is 1. The molecular formula is C16H28N2O. The Morgan fingerprint density at radius 1 is 1.26 bits per heavy atom. The van der Waals surface area contributed by atoms with Crippen LogP contribution in [0, 0.1) is 11.3 Å². The monoisotopic (exact) mass is 264 g/mol. The molecule has 3 nitrogen and oxygen atoms in total. The number of nitrogens with two attached hydrogens (primary N) is 1. The summed E-state index contributed by atoms with van der Waals surface area (Å²) in [7, 11) is 0. The first-order valence-corrected chi connectivity index (χ1v) is 7.10. The molecule has 0 amide bonds. The molecular weight excluding hydrogens is 236 g/mol. The van der Waals surface area contributed by atoms with Gasteiger partial charge in [0.1, 0.15) is 5.75 Å². The van der Waals surface area contributed by atoms with Crippen LogP contribution >= 0.6 is 0 Å². The van der Waals surface area contributed by atoms with Crippen LogP contribution in [0.15, 0.2) is 18.2 Å². The molecule has 0 bridgehead atoms. The Hall–Kier alpha value is -1.38. The maximum absolute atomic E-state index is 5.90. The van der Waals surface area contributed by atoms with E-state index in [4.69, 9.17) is 10.5 Å². The zero-order chi connectivity index (χ0) is 14.5. The first-order chi connectivity index (χ1) is 8.82. The third-order valence-electron chi connectivity index (χ3n) is 3.49. The highest BCUT2D eigenvalue weighted by Gasteiger charge is 2.19. The number of ether oxygens (including phenoxy) is 1. The van der Waals surface area contributed by atoms with Gasteiger partial charge in [-0.15, -0.1) is 0 Å². The Morgan fingerprint density at radius 3 is 2.53 bits per heavy atom. The maximum atomic E-state index is 5.90. The topological polar surface area (TPSA) is 47.3 Å². The van der Waals surface area contributed by atoms with Gasteiger partial charge in [-0.2, -0.15) is 0 Å². The van der Waals surface area contributed by atoms with Crippen LogP contribution in [0.25, 0.3) is 0 Å². The fourth-order valence-corrected chi connectivity index (χ4v) is 1.60. The molecule has 1 unspecified atom stereocenters. The van der Waals surface area contributed by atoms with Gasteiger partial charge >= 0.3 is 0 Å². The van der Waals surface area contributed by atoms with Crippen molar-refractivity contribution in [2.45, 2.75) is 41.0 Å². The molecule has 0 fully saturated rings. The summed E-state index contributed by atoms with van der Waals surface area (Å²) in [5.74, 6) is 1.42. The summed E-state index contributed by atoms with van der Waals surface area (Å²) in [6.45, 7) is 12.8. The summed E-state index contributed by atoms with van der Waals surface area (Å²) in [5, 5.41) is 3.45. The van der Waals surface area contributed by atoms with Crippen LogP contribution in [-0.2, 0) is 0 Å². The minimum Gasteiger partial charge on any atom is -0.493 e. The molecule has 0 aliphatic carbocycles. The van der Waals surface area contributed by atoms with Gasteiger partial charge in [0.2, 0.25) is 0 Å². The Morgan fingerprint density at radius 2 is 1.95 bits per heavy atom. The highest BCUT2D eigenvalue weighted by atomic mass is 16.5. The predicted octanol–water partition coefficient (Wildman–Crippen LogP) is 4.15. The van der Waals surface area contributed by atoms with Crippen LogP contribution in [0.1, 0.15) is 41.0 Å². The summed E-state index contributed by atoms with van der Waals surface area (Å²) in [6.07, 6.45) is 0.999. The van der Waals surface area contributed by atoms with Gasteiger partial charge in [0.05, 0.1) is 6.61 Å². The third kappa shape index (κ3) is 5.41. The number of benzene rings is 1. The number of hydrogen-bond acceptors (Lipinski definition) is 3. The molecule has 108 valence electrons. The maximum Gasteiger partial charge on any atom is 0.123 e. The molecule has 0 aliphatic heterocycles. The zero-order valence-corrected chi connectivity index (χ0v) is 12.9. The van der Waals surface area contributed by atoms with Gasteiger partial charge in [0.25, 0.3) is 0 Å². The molecule has 0 saturated carbocycles. The van der Waals surface area contributed by atoms with Crippen molar-refractivity contribution < 1.29 is 4.74 Å². The van der Waals surface area contributed by atoms with Crippen molar-refractivity contribution in [1.82, 2.24) is 0 Å². The molecule has 0 heterocycles. The molecule has 0 aromatic heterocycles. The van der Waals surface area contributed by atoms with Gasteiger partial charge in [-0.05, 0) is 23.8 Å². The van der Waals surface area contributed by atoms with E-state index in [0.29, 0.717) is 11.3 Å². The Labute approximate surface area is 117 Å². The predicted molar refractivity (Wildman–Crippen MR) is 83.7 cm³/mol. The van der Waals surface area contributed by atoms with Crippen molar-refractivity contribution in [1.29, 1.82) is 0 Å². The molecule has 0 radical (unpaired) electrons. The second-order valence-electron chi connectivity index (χ2n) is 6.29. The Balaban J connectivity index is 2.65. The molecule has 1 aromatic rings. The first-order valence-electron chi connectivity index (χ1n) is 7.10. The van der Waals surface area contributed by atoms with Crippen molar-refractivity contribution in [3.63, 3.8) is 0 Å². The first kappa shape index (κ1) is 15.7. The van der Waals surface area contributed by atoms with Gasteiger partial charge < -0.3 is 15.8 Å². The molecule has 0 aliphatic rings. The minimum atomic E-state index is 0.300. The van der Waals surface area contributed by atoms with E-state index in [9.17, 15) is 0 Å². The second-order valence-corrected chi connectivity index (χ2v) is 6.29. The lowest BCUT2D eigenvalue weighted by atomic mass is 9.82. The Kier molecular flexibility index (Phi) is 5.52. The van der Waals surface area contributed by atoms with Gasteiger partial charge in [-0.3, -0.25) is 0 Å². The quantitative estimate of drug-likeness (QED) is 0.759. The third-order valence-corrected chi connectivity index (χ3v) is 3.49. The van der Waals surface area contributed by atoms with Crippen LogP contribution in [-0.4, -0.2) is 13.2 Å². The van der Waals surface area contributed by atoms with Gasteiger partial charge in [-0.1, -0.05) is 34.6 Å². The lowest BCUT2D eigenvalue weighted by molar-refractivity contribution is 0.274. The molecule has 1 atom stereocenters. The standard InChI is InChI=1S/C16H28N2O/c1-6-7-19-15-9-13(17)8-14(10-15)18-11-12(2)16(3,4)5/h8-10,12,18H,6-7,11,17H2,1-5H3. The number of hydrogen-bond donors (Lipinski definition) is 2. The van der Waals surface area contributed by atoms with Crippen molar-refractivity contribution >= 4 is 11.4 Å². The van der Waals surface area contributed by atoms with Crippen LogP contribution in [0.4, 0.5) is 11.4 Å². The van der Waals surface area contributed by atoms with Crippen molar-refractivity contribution in [3.8, 4) is 5.75 Å². The summed E-state index contributed by atoms with van der Waals surface area (Å²) < 4.78 is 5.63. The second kappa shape index (κ2) is 6.69. The fraction of sp³-hybridized carbons (Fsp3) is 0.625. The number of anilines is 2. The van der Waals surface area contributed by atoms with Crippen LogP contribution in [0.2, 0.25) is 0 Å². The SMILES string of the molecule is CCCOc1cc(N)cc(NCC(C)C(C)(C)C)c1. The molecule has 1 rings (SSSR count). The van der Waals surface area contributed by atoms with Crippen molar-refractivity contribution in [3.05, 3.63) is 18.2 Å². The Bertz CT molecular complexity index is 396. The summed E-state index contributed by atoms with van der Waals surface area (Å²) in [4.78, 5) is 0. The average molecular weight is 264 g/mol. The van der Waals surface area contributed by atoms with E-state index in [1.54, 1.807) is 0 Å². The molecule has 3 N–H and O–H groups in total. The largest absolute Gasteiger partial charge is 0.493 e. The van der Waals surface area contributed by atoms with E-state index in [2.05, 4.69) is 39.9 Å². The van der Waals surface area contributed by atoms with Crippen molar-refractivity contribution in [2.75, 3.05) is 24.2 Å². The average Bonchev–Trinajstić information content (AvgIpc) is 2.31. The van der Waals surface area contributed by atoms with Crippen molar-refractivity contribution in [2.24, 2.45) is 11.3 Å². The van der Waals surface area contributed by atoms with Gasteiger partial charge in [-0.25, -0.2) is 0 Å². The fourth-order valence-electron chi connectivity index (χ4n) is 1.60. The van der Waals surface area contributed by atoms with E-state index in [1.165, 1.54) is 0 Å². The van der Waals surface area contributed by atoms with E-state index in [1.807, 2.05) is 18.2 Å². The number of rotatable bonds is 6. The summed E-state index contributed by atoms with van der Waals surface area (Å²) in [5.41, 5.74) is 7.97. The smallest absolute Gasteiger partial charge is 0.123 e. The highest BCUT2D eigenvalue weighted by molar-refractivity contribution is 5.59. The van der Waals surface area contributed by atoms with E-state index in [-0.39, 0.29) is 0 Å². The van der Waals surface area contributed by atoms with Crippen LogP contribution in [0.5, 0.6) is 5.75 Å². The number of nitrogen functional groups attached to an aromatic ring is 1. The lowest BCUT2D eigenvalue weighted by Gasteiger charge is -2.27. The normalized spacial score (nSPS) is 13.1. The molecule has 0 spiro atoms. The van der Waals surface area contributed by atoms with Crippen LogP contribution in [0.3, 0.4) is 0 Å². The van der Waals surface area contributed by atoms with E-state index >= 15 is 0 Å². The minimum absolute atomic E-state index is 0.300. The summed E-state index contributed by atoms with van der Waals surface area (Å²) in [6, 6.07) is 5.84.